The topological polar surface area (TPSA) is 25.8 Å². The molecule has 0 radical (unpaired) electrons. The molecule has 0 amide bonds. The van der Waals surface area contributed by atoms with Crippen molar-refractivity contribution in [2.24, 2.45) is 0 Å². The fourth-order valence-corrected chi connectivity index (χ4v) is 3.44. The summed E-state index contributed by atoms with van der Waals surface area (Å²) in [5.41, 5.74) is 1.09. The van der Waals surface area contributed by atoms with Gasteiger partial charge < -0.3 is 0 Å². The van der Waals surface area contributed by atoms with Gasteiger partial charge in [0.1, 0.15) is 0 Å². The Morgan fingerprint density at radius 2 is 1.10 bits per heavy atom. The van der Waals surface area contributed by atoms with E-state index in [1.54, 1.807) is 12.4 Å². The molecule has 0 aliphatic heterocycles. The van der Waals surface area contributed by atoms with Crippen LogP contribution < -0.4 is 0 Å². The average Bonchev–Trinajstić information content (AvgIpc) is 2.56. The van der Waals surface area contributed by atoms with Crippen LogP contribution >= 0.6 is 15.9 Å². The van der Waals surface area contributed by atoms with Crippen molar-refractivity contribution in [3.05, 3.63) is 71.5 Å². The second-order valence-electron chi connectivity index (χ2n) is 4.85. The monoisotopic (exact) mass is 334 g/mol. The minimum absolute atomic E-state index is 0.761. The van der Waals surface area contributed by atoms with E-state index in [0.717, 1.165) is 26.6 Å². The molecule has 4 rings (SSSR count). The first-order valence-electron chi connectivity index (χ1n) is 6.72. The quantitative estimate of drug-likeness (QED) is 0.446. The molecule has 2 nitrogen and oxygen atoms in total. The van der Waals surface area contributed by atoms with Crippen molar-refractivity contribution in [3.8, 4) is 11.4 Å². The number of rotatable bonds is 1. The molecule has 4 aromatic rings. The first-order chi connectivity index (χ1) is 10.4. The maximum Gasteiger partial charge on any atom is 0.160 e. The van der Waals surface area contributed by atoms with Crippen LogP contribution in [-0.2, 0) is 0 Å². The molecule has 0 N–H and O–H groups in total. The van der Waals surface area contributed by atoms with Gasteiger partial charge in [-0.15, -0.1) is 0 Å². The number of nitrogens with zero attached hydrogens (tertiary/aromatic N) is 2. The Bertz CT molecular complexity index is 892. The molecule has 0 saturated carbocycles. The first kappa shape index (κ1) is 12.5. The number of halogens is 1. The molecular weight excluding hydrogens is 324 g/mol. The van der Waals surface area contributed by atoms with Gasteiger partial charge >= 0.3 is 0 Å². The van der Waals surface area contributed by atoms with Crippen LogP contribution in [0.3, 0.4) is 0 Å². The Labute approximate surface area is 130 Å². The van der Waals surface area contributed by atoms with Crippen LogP contribution in [0.4, 0.5) is 0 Å². The van der Waals surface area contributed by atoms with Crippen LogP contribution in [-0.4, -0.2) is 9.97 Å². The summed E-state index contributed by atoms with van der Waals surface area (Å²) >= 11 is 3.75. The number of hydrogen-bond acceptors (Lipinski definition) is 2. The van der Waals surface area contributed by atoms with Crippen LogP contribution in [0, 0.1) is 0 Å². The molecular formula is C18H11BrN2. The summed E-state index contributed by atoms with van der Waals surface area (Å²) in [6, 6.07) is 18.5. The van der Waals surface area contributed by atoms with E-state index in [0.29, 0.717) is 0 Å². The Kier molecular flexibility index (Phi) is 2.93. The minimum Gasteiger partial charge on any atom is -0.237 e. The second kappa shape index (κ2) is 4.93. The minimum atomic E-state index is 0.761. The molecule has 100 valence electrons. The molecule has 0 fully saturated rings. The van der Waals surface area contributed by atoms with Gasteiger partial charge in [0.25, 0.3) is 0 Å². The Morgan fingerprint density at radius 3 is 1.62 bits per heavy atom. The maximum atomic E-state index is 4.45. The summed E-state index contributed by atoms with van der Waals surface area (Å²) in [5, 5.41) is 4.68. The van der Waals surface area contributed by atoms with Crippen LogP contribution in [0.2, 0.25) is 0 Å². The van der Waals surface area contributed by atoms with E-state index in [1.807, 2.05) is 6.07 Å². The van der Waals surface area contributed by atoms with Crippen molar-refractivity contribution in [2.45, 2.75) is 0 Å². The third-order valence-corrected chi connectivity index (χ3v) is 4.51. The van der Waals surface area contributed by atoms with Crippen molar-refractivity contribution in [1.82, 2.24) is 9.97 Å². The third-order valence-electron chi connectivity index (χ3n) is 3.66. The fraction of sp³-hybridized carbons (Fsp3) is 0. The van der Waals surface area contributed by atoms with Gasteiger partial charge in [-0.25, -0.2) is 9.97 Å². The van der Waals surface area contributed by atoms with E-state index in [1.165, 1.54) is 10.8 Å². The van der Waals surface area contributed by atoms with E-state index >= 15 is 0 Å². The van der Waals surface area contributed by atoms with E-state index in [4.69, 9.17) is 0 Å². The normalized spacial score (nSPS) is 11.1. The van der Waals surface area contributed by atoms with E-state index in [-0.39, 0.29) is 0 Å². The first-order valence-corrected chi connectivity index (χ1v) is 7.52. The summed E-state index contributed by atoms with van der Waals surface area (Å²) in [6.07, 6.45) is 3.57. The molecule has 1 heterocycles. The SMILES string of the molecule is Brc1c2ccccc2c(-c2ncccn2)c2ccccc12. The van der Waals surface area contributed by atoms with Gasteiger partial charge in [0.15, 0.2) is 5.82 Å². The molecule has 1 aromatic heterocycles. The predicted molar refractivity (Wildman–Crippen MR) is 90.2 cm³/mol. The van der Waals surface area contributed by atoms with Crippen molar-refractivity contribution in [1.29, 1.82) is 0 Å². The zero-order valence-corrected chi connectivity index (χ0v) is 12.7. The largest absolute Gasteiger partial charge is 0.237 e. The Morgan fingerprint density at radius 1 is 0.619 bits per heavy atom. The summed E-state index contributed by atoms with van der Waals surface area (Å²) in [4.78, 5) is 8.90. The van der Waals surface area contributed by atoms with Crippen molar-refractivity contribution >= 4 is 37.5 Å². The second-order valence-corrected chi connectivity index (χ2v) is 5.65. The van der Waals surface area contributed by atoms with Crippen LogP contribution in [0.5, 0.6) is 0 Å². The molecule has 0 unspecified atom stereocenters. The smallest absolute Gasteiger partial charge is 0.160 e. The highest BCUT2D eigenvalue weighted by Gasteiger charge is 2.14. The third kappa shape index (κ3) is 1.93. The number of hydrogen-bond donors (Lipinski definition) is 0. The lowest BCUT2D eigenvalue weighted by Gasteiger charge is -2.12. The number of aromatic nitrogens is 2. The lowest BCUT2D eigenvalue weighted by molar-refractivity contribution is 1.18. The Hall–Kier alpha value is -2.26. The van der Waals surface area contributed by atoms with E-state index in [2.05, 4.69) is 74.4 Å². The average molecular weight is 335 g/mol. The van der Waals surface area contributed by atoms with Crippen molar-refractivity contribution in [3.63, 3.8) is 0 Å². The van der Waals surface area contributed by atoms with Gasteiger partial charge in [0, 0.05) is 22.4 Å². The molecule has 0 aliphatic rings. The zero-order chi connectivity index (χ0) is 14.2. The molecule has 0 spiro atoms. The van der Waals surface area contributed by atoms with Gasteiger partial charge in [0.2, 0.25) is 0 Å². The predicted octanol–water partition coefficient (Wildman–Crippen LogP) is 5.21. The Balaban J connectivity index is 2.28. The molecule has 0 bridgehead atoms. The summed E-state index contributed by atoms with van der Waals surface area (Å²) in [7, 11) is 0. The molecule has 3 heteroatoms. The molecule has 21 heavy (non-hydrogen) atoms. The lowest BCUT2D eigenvalue weighted by Crippen LogP contribution is -1.91. The number of benzene rings is 3. The van der Waals surface area contributed by atoms with Crippen LogP contribution in [0.25, 0.3) is 32.9 Å². The fourth-order valence-electron chi connectivity index (χ4n) is 2.74. The number of fused-ring (bicyclic) bond motifs is 2. The summed E-state index contributed by atoms with van der Waals surface area (Å²) in [5.74, 6) is 0.761. The molecule has 0 aliphatic carbocycles. The van der Waals surface area contributed by atoms with Crippen molar-refractivity contribution in [2.75, 3.05) is 0 Å². The molecule has 3 aromatic carbocycles. The van der Waals surface area contributed by atoms with Gasteiger partial charge in [-0.05, 0) is 43.5 Å². The van der Waals surface area contributed by atoms with E-state index in [9.17, 15) is 0 Å². The van der Waals surface area contributed by atoms with Gasteiger partial charge in [0.05, 0.1) is 0 Å². The highest BCUT2D eigenvalue weighted by atomic mass is 79.9. The van der Waals surface area contributed by atoms with Gasteiger partial charge in [-0.3, -0.25) is 0 Å². The van der Waals surface area contributed by atoms with Gasteiger partial charge in [-0.1, -0.05) is 48.5 Å². The van der Waals surface area contributed by atoms with Crippen LogP contribution in [0.1, 0.15) is 0 Å². The van der Waals surface area contributed by atoms with Crippen LogP contribution in [0.15, 0.2) is 71.5 Å². The highest BCUT2D eigenvalue weighted by molar-refractivity contribution is 9.10. The molecule has 0 saturated heterocycles. The van der Waals surface area contributed by atoms with Crippen molar-refractivity contribution < 1.29 is 0 Å². The summed E-state index contributed by atoms with van der Waals surface area (Å²) in [6.45, 7) is 0. The lowest BCUT2D eigenvalue weighted by atomic mass is 9.96. The van der Waals surface area contributed by atoms with E-state index < -0.39 is 0 Å². The summed E-state index contributed by atoms with van der Waals surface area (Å²) < 4.78 is 1.12. The van der Waals surface area contributed by atoms with Gasteiger partial charge in [-0.2, -0.15) is 0 Å². The standard InChI is InChI=1S/C18H11BrN2/c19-17-14-8-3-1-6-12(14)16(18-20-10-5-11-21-18)13-7-2-4-9-15(13)17/h1-11H. The maximum absolute atomic E-state index is 4.45. The molecule has 0 atom stereocenters. The zero-order valence-electron chi connectivity index (χ0n) is 11.1. The highest BCUT2D eigenvalue weighted by Crippen LogP contribution is 2.40.